The number of rotatable bonds is 6. The topological polar surface area (TPSA) is 92.3 Å². The van der Waals surface area contributed by atoms with E-state index < -0.39 is 5.97 Å². The number of carbonyl (C=O) groups is 1. The summed E-state index contributed by atoms with van der Waals surface area (Å²) >= 11 is 0. The molecule has 1 rings (SSSR count). The van der Waals surface area contributed by atoms with Crippen molar-refractivity contribution < 1.29 is 14.3 Å². The molecule has 0 radical (unpaired) electrons. The van der Waals surface area contributed by atoms with Crippen molar-refractivity contribution in [3.63, 3.8) is 0 Å². The highest BCUT2D eigenvalue weighted by molar-refractivity contribution is 5.88. The average Bonchev–Trinajstić information content (AvgIpc) is 2.72. The Hall–Kier alpha value is -1.47. The molecule has 0 aliphatic heterocycles. The maximum absolute atomic E-state index is 11.5. The van der Waals surface area contributed by atoms with Crippen LogP contribution in [-0.2, 0) is 22.4 Å². The molecule has 0 spiro atoms. The van der Waals surface area contributed by atoms with Gasteiger partial charge >= 0.3 is 5.97 Å². The predicted octanol–water partition coefficient (Wildman–Crippen LogP) is -0.399. The van der Waals surface area contributed by atoms with Crippen LogP contribution < -0.4 is 5.73 Å². The van der Waals surface area contributed by atoms with Crippen molar-refractivity contribution in [2.24, 2.45) is 5.73 Å². The van der Waals surface area contributed by atoms with Gasteiger partial charge in [0.15, 0.2) is 5.69 Å². The lowest BCUT2D eigenvalue weighted by molar-refractivity contribution is 0.0592. The quantitative estimate of drug-likeness (QED) is 0.682. The van der Waals surface area contributed by atoms with Crippen molar-refractivity contribution in [2.75, 3.05) is 20.8 Å². The minimum absolute atomic E-state index is 0.0151. The van der Waals surface area contributed by atoms with E-state index >= 15 is 0 Å². The third kappa shape index (κ3) is 3.24. The van der Waals surface area contributed by atoms with Crippen LogP contribution in [0.2, 0.25) is 0 Å². The highest BCUT2D eigenvalue weighted by Gasteiger charge is 2.20. The number of hydrogen-bond acceptors (Lipinski definition) is 6. The zero-order chi connectivity index (χ0) is 12.8. The van der Waals surface area contributed by atoms with Gasteiger partial charge in [-0.05, 0) is 13.5 Å². The molecular weight excluding hydrogens is 224 g/mol. The lowest BCUT2D eigenvalue weighted by Crippen LogP contribution is -2.20. The van der Waals surface area contributed by atoms with E-state index in [0.29, 0.717) is 25.2 Å². The third-order valence-corrected chi connectivity index (χ3v) is 2.43. The first-order chi connectivity index (χ1) is 8.13. The van der Waals surface area contributed by atoms with E-state index in [9.17, 15) is 4.79 Å². The Balaban J connectivity index is 2.97. The van der Waals surface area contributed by atoms with E-state index in [1.54, 1.807) is 11.8 Å². The number of hydrogen-bond donors (Lipinski definition) is 1. The summed E-state index contributed by atoms with van der Waals surface area (Å²) in [6.45, 7) is 2.85. The predicted molar refractivity (Wildman–Crippen MR) is 60.6 cm³/mol. The number of nitrogens with zero attached hydrogens (tertiary/aromatic N) is 3. The maximum atomic E-state index is 11.5. The van der Waals surface area contributed by atoms with Crippen LogP contribution in [0.15, 0.2) is 0 Å². The Morgan fingerprint density at radius 2 is 2.24 bits per heavy atom. The van der Waals surface area contributed by atoms with E-state index in [0.717, 1.165) is 0 Å². The van der Waals surface area contributed by atoms with Crippen molar-refractivity contribution in [3.05, 3.63) is 11.4 Å². The van der Waals surface area contributed by atoms with Gasteiger partial charge in [0.1, 0.15) is 0 Å². The van der Waals surface area contributed by atoms with Crippen molar-refractivity contribution >= 4 is 5.97 Å². The second kappa shape index (κ2) is 6.31. The first-order valence-corrected chi connectivity index (χ1v) is 5.37. The summed E-state index contributed by atoms with van der Waals surface area (Å²) in [6.07, 6.45) is 0.507. The molecule has 96 valence electrons. The largest absolute Gasteiger partial charge is 0.464 e. The van der Waals surface area contributed by atoms with Gasteiger partial charge in [-0.3, -0.25) is 0 Å². The van der Waals surface area contributed by atoms with E-state index in [4.69, 9.17) is 10.5 Å². The highest BCUT2D eigenvalue weighted by atomic mass is 16.5. The molecule has 2 N–H and O–H groups in total. The molecule has 1 aromatic rings. The number of methoxy groups -OCH3 is 2. The summed E-state index contributed by atoms with van der Waals surface area (Å²) in [4.78, 5) is 11.5. The Morgan fingerprint density at radius 3 is 2.76 bits per heavy atom. The molecule has 0 saturated carbocycles. The molecule has 0 fully saturated rings. The van der Waals surface area contributed by atoms with Crippen LogP contribution in [-0.4, -0.2) is 47.8 Å². The first-order valence-electron chi connectivity index (χ1n) is 5.37. The molecule has 0 saturated heterocycles. The SMILES string of the molecule is COC(=O)c1nnn(CC(C)OC)c1CCN. The number of esters is 1. The molecule has 17 heavy (non-hydrogen) atoms. The minimum Gasteiger partial charge on any atom is -0.464 e. The number of nitrogens with two attached hydrogens (primary N) is 1. The van der Waals surface area contributed by atoms with Crippen LogP contribution in [0.3, 0.4) is 0 Å². The van der Waals surface area contributed by atoms with Crippen molar-refractivity contribution in [3.8, 4) is 0 Å². The van der Waals surface area contributed by atoms with Crippen LogP contribution in [0.1, 0.15) is 23.1 Å². The molecule has 1 heterocycles. The van der Waals surface area contributed by atoms with Crippen molar-refractivity contribution in [2.45, 2.75) is 26.0 Å². The van der Waals surface area contributed by atoms with Gasteiger partial charge < -0.3 is 15.2 Å². The van der Waals surface area contributed by atoms with E-state index in [1.165, 1.54) is 7.11 Å². The highest BCUT2D eigenvalue weighted by Crippen LogP contribution is 2.09. The molecule has 0 aliphatic rings. The van der Waals surface area contributed by atoms with E-state index in [2.05, 4.69) is 15.0 Å². The molecule has 0 aliphatic carbocycles. The number of carbonyl (C=O) groups excluding carboxylic acids is 1. The van der Waals surface area contributed by atoms with Crippen molar-refractivity contribution in [1.29, 1.82) is 0 Å². The molecule has 1 aromatic heterocycles. The lowest BCUT2D eigenvalue weighted by atomic mass is 10.2. The second-order valence-corrected chi connectivity index (χ2v) is 3.64. The smallest absolute Gasteiger partial charge is 0.360 e. The second-order valence-electron chi connectivity index (χ2n) is 3.64. The van der Waals surface area contributed by atoms with Gasteiger partial charge in [0.05, 0.1) is 25.5 Å². The first kappa shape index (κ1) is 13.6. The molecule has 0 aromatic carbocycles. The normalized spacial score (nSPS) is 12.5. The summed E-state index contributed by atoms with van der Waals surface area (Å²) in [5, 5.41) is 7.74. The third-order valence-electron chi connectivity index (χ3n) is 2.43. The number of aromatic nitrogens is 3. The molecule has 0 bridgehead atoms. The van der Waals surface area contributed by atoms with Crippen LogP contribution >= 0.6 is 0 Å². The molecule has 1 unspecified atom stereocenters. The van der Waals surface area contributed by atoms with Gasteiger partial charge in [0.2, 0.25) is 0 Å². The van der Waals surface area contributed by atoms with Gasteiger partial charge in [-0.2, -0.15) is 0 Å². The number of ether oxygens (including phenoxy) is 2. The van der Waals surface area contributed by atoms with Gasteiger partial charge in [0, 0.05) is 13.5 Å². The standard InChI is InChI=1S/C10H18N4O3/c1-7(16-2)6-14-8(4-5-11)9(12-13-14)10(15)17-3/h7H,4-6,11H2,1-3H3. The summed E-state index contributed by atoms with van der Waals surface area (Å²) in [6, 6.07) is 0. The molecule has 0 amide bonds. The van der Waals surface area contributed by atoms with Crippen molar-refractivity contribution in [1.82, 2.24) is 15.0 Å². The Bertz CT molecular complexity index is 378. The Morgan fingerprint density at radius 1 is 1.53 bits per heavy atom. The molecule has 7 nitrogen and oxygen atoms in total. The summed E-state index contributed by atoms with van der Waals surface area (Å²) in [7, 11) is 2.93. The van der Waals surface area contributed by atoms with E-state index in [-0.39, 0.29) is 11.8 Å². The van der Waals surface area contributed by atoms with Gasteiger partial charge in [-0.15, -0.1) is 5.10 Å². The summed E-state index contributed by atoms with van der Waals surface area (Å²) < 4.78 is 11.4. The zero-order valence-electron chi connectivity index (χ0n) is 10.3. The van der Waals surface area contributed by atoms with Gasteiger partial charge in [-0.1, -0.05) is 5.21 Å². The Labute approximate surface area is 99.9 Å². The maximum Gasteiger partial charge on any atom is 0.360 e. The molecule has 7 heteroatoms. The van der Waals surface area contributed by atoms with E-state index in [1.807, 2.05) is 6.92 Å². The average molecular weight is 242 g/mol. The van der Waals surface area contributed by atoms with Crippen LogP contribution in [0.4, 0.5) is 0 Å². The van der Waals surface area contributed by atoms with Crippen LogP contribution in [0.5, 0.6) is 0 Å². The lowest BCUT2D eigenvalue weighted by Gasteiger charge is -2.11. The zero-order valence-corrected chi connectivity index (χ0v) is 10.3. The fraction of sp³-hybridized carbons (Fsp3) is 0.700. The fourth-order valence-electron chi connectivity index (χ4n) is 1.44. The summed E-state index contributed by atoms with van der Waals surface area (Å²) in [5.74, 6) is -0.496. The minimum atomic E-state index is -0.496. The Kier molecular flexibility index (Phi) is 5.05. The van der Waals surface area contributed by atoms with Gasteiger partial charge in [-0.25, -0.2) is 9.48 Å². The van der Waals surface area contributed by atoms with Crippen LogP contribution in [0.25, 0.3) is 0 Å². The van der Waals surface area contributed by atoms with Crippen LogP contribution in [0, 0.1) is 0 Å². The monoisotopic (exact) mass is 242 g/mol. The molecular formula is C10H18N4O3. The molecule has 1 atom stereocenters. The fourth-order valence-corrected chi connectivity index (χ4v) is 1.44. The summed E-state index contributed by atoms with van der Waals surface area (Å²) in [5.41, 5.74) is 6.42. The van der Waals surface area contributed by atoms with Gasteiger partial charge in [0.25, 0.3) is 0 Å².